The first-order chi connectivity index (χ1) is 16.3. The van der Waals surface area contributed by atoms with Crippen LogP contribution >= 0.6 is 0 Å². The van der Waals surface area contributed by atoms with Gasteiger partial charge in [0, 0.05) is 28.8 Å². The largest absolute Gasteiger partial charge is 0.497 e. The molecule has 0 saturated carbocycles. The van der Waals surface area contributed by atoms with Crippen LogP contribution in [0.1, 0.15) is 25.0 Å². The summed E-state index contributed by atoms with van der Waals surface area (Å²) in [5.74, 6) is 3.53. The normalized spacial score (nSPS) is 11.1. The van der Waals surface area contributed by atoms with E-state index in [1.807, 2.05) is 30.3 Å². The maximum absolute atomic E-state index is 6.29. The van der Waals surface area contributed by atoms with Gasteiger partial charge in [-0.25, -0.2) is 0 Å². The third-order valence-corrected chi connectivity index (χ3v) is 5.61. The Bertz CT molecular complexity index is 1120. The molecule has 34 heavy (non-hydrogen) atoms. The zero-order valence-electron chi connectivity index (χ0n) is 21.7. The topological polar surface area (TPSA) is 40.2 Å². The van der Waals surface area contributed by atoms with Crippen molar-refractivity contribution in [2.75, 3.05) is 42.0 Å². The van der Waals surface area contributed by atoms with Crippen LogP contribution in [0.4, 0.5) is 0 Å². The Hall–Kier alpha value is -3.18. The average molecular weight is 464 g/mol. The van der Waals surface area contributed by atoms with Crippen molar-refractivity contribution in [3.8, 4) is 45.3 Å². The lowest BCUT2D eigenvalue weighted by Gasteiger charge is -2.24. The van der Waals surface area contributed by atoms with Gasteiger partial charge in [0.15, 0.2) is 0 Å². The minimum Gasteiger partial charge on any atom is -0.497 e. The highest BCUT2D eigenvalue weighted by Gasteiger charge is 2.24. The lowest BCUT2D eigenvalue weighted by Crippen LogP contribution is -2.12. The smallest absolute Gasteiger partial charge is 0.127 e. The van der Waals surface area contributed by atoms with E-state index in [9.17, 15) is 0 Å². The standard InChI is InChI=1S/C29H37NO4/c1-19(2)18-34-26-14-11-22(31-6)16-24(26)29-27(33-8)13-10-21(17-30(4)5)28(29)23-15-20(3)9-12-25(23)32-7/h9-16,19H,17-18H2,1-8H3. The molecular formula is C29H37NO4. The number of rotatable bonds is 10. The molecule has 0 aromatic heterocycles. The highest BCUT2D eigenvalue weighted by Crippen LogP contribution is 2.48. The Balaban J connectivity index is 2.43. The maximum atomic E-state index is 6.29. The van der Waals surface area contributed by atoms with Crippen LogP contribution in [0.3, 0.4) is 0 Å². The minimum absolute atomic E-state index is 0.397. The minimum atomic E-state index is 0.397. The summed E-state index contributed by atoms with van der Waals surface area (Å²) in [6, 6.07) is 16.4. The van der Waals surface area contributed by atoms with Crippen LogP contribution in [0.15, 0.2) is 48.5 Å². The second-order valence-corrected chi connectivity index (χ2v) is 9.19. The van der Waals surface area contributed by atoms with Gasteiger partial charge in [-0.2, -0.15) is 0 Å². The number of ether oxygens (including phenoxy) is 4. The molecule has 0 aliphatic rings. The molecule has 0 fully saturated rings. The van der Waals surface area contributed by atoms with Crippen molar-refractivity contribution in [3.63, 3.8) is 0 Å². The Labute approximate surface area is 204 Å². The number of hydrogen-bond acceptors (Lipinski definition) is 5. The van der Waals surface area contributed by atoms with Gasteiger partial charge in [0.25, 0.3) is 0 Å². The molecule has 0 amide bonds. The second kappa shape index (κ2) is 11.3. The van der Waals surface area contributed by atoms with Crippen molar-refractivity contribution in [2.45, 2.75) is 27.3 Å². The average Bonchev–Trinajstić information content (AvgIpc) is 2.81. The lowest BCUT2D eigenvalue weighted by atomic mass is 9.87. The van der Waals surface area contributed by atoms with Crippen molar-refractivity contribution in [1.82, 2.24) is 4.90 Å². The van der Waals surface area contributed by atoms with Crippen LogP contribution in [-0.4, -0.2) is 46.9 Å². The van der Waals surface area contributed by atoms with Gasteiger partial charge < -0.3 is 23.8 Å². The molecule has 5 nitrogen and oxygen atoms in total. The van der Waals surface area contributed by atoms with Gasteiger partial charge in [-0.05, 0) is 68.9 Å². The fourth-order valence-electron chi connectivity index (χ4n) is 4.08. The molecule has 0 saturated heterocycles. The Morgan fingerprint density at radius 3 is 2.00 bits per heavy atom. The van der Waals surface area contributed by atoms with Crippen LogP contribution in [0.25, 0.3) is 22.3 Å². The SMILES string of the molecule is COc1ccc(OCC(C)C)c(-c2c(OC)ccc(CN(C)C)c2-c2cc(C)ccc2OC)c1. The number of benzene rings is 3. The van der Waals surface area contributed by atoms with Gasteiger partial charge >= 0.3 is 0 Å². The fraction of sp³-hybridized carbons (Fsp3) is 0.379. The molecule has 0 heterocycles. The molecule has 0 radical (unpaired) electrons. The first kappa shape index (κ1) is 25.4. The highest BCUT2D eigenvalue weighted by molar-refractivity contribution is 5.94. The summed E-state index contributed by atoms with van der Waals surface area (Å²) in [5, 5.41) is 0. The summed E-state index contributed by atoms with van der Waals surface area (Å²) in [5.41, 5.74) is 6.30. The van der Waals surface area contributed by atoms with Gasteiger partial charge in [-0.15, -0.1) is 0 Å². The van der Waals surface area contributed by atoms with Gasteiger partial charge in [0.05, 0.1) is 27.9 Å². The molecule has 0 atom stereocenters. The van der Waals surface area contributed by atoms with Gasteiger partial charge in [-0.1, -0.05) is 31.5 Å². The fourth-order valence-corrected chi connectivity index (χ4v) is 4.08. The zero-order chi connectivity index (χ0) is 24.8. The van der Waals surface area contributed by atoms with Crippen molar-refractivity contribution in [2.24, 2.45) is 5.92 Å². The summed E-state index contributed by atoms with van der Waals surface area (Å²) in [6.45, 7) is 7.75. The van der Waals surface area contributed by atoms with E-state index in [-0.39, 0.29) is 0 Å². The first-order valence-electron chi connectivity index (χ1n) is 11.6. The molecule has 182 valence electrons. The van der Waals surface area contributed by atoms with Crippen molar-refractivity contribution < 1.29 is 18.9 Å². The summed E-state index contributed by atoms with van der Waals surface area (Å²) in [6.07, 6.45) is 0. The Morgan fingerprint density at radius 2 is 1.38 bits per heavy atom. The lowest BCUT2D eigenvalue weighted by molar-refractivity contribution is 0.271. The molecule has 0 N–H and O–H groups in total. The summed E-state index contributed by atoms with van der Waals surface area (Å²) in [4.78, 5) is 2.17. The molecule has 0 aliphatic carbocycles. The van der Waals surface area contributed by atoms with E-state index < -0.39 is 0 Å². The van der Waals surface area contributed by atoms with E-state index in [1.54, 1.807) is 21.3 Å². The molecule has 3 aromatic rings. The van der Waals surface area contributed by atoms with Gasteiger partial charge in [-0.3, -0.25) is 0 Å². The predicted octanol–water partition coefficient (Wildman–Crippen LogP) is 6.45. The summed E-state index contributed by atoms with van der Waals surface area (Å²) >= 11 is 0. The third kappa shape index (κ3) is 5.65. The first-order valence-corrected chi connectivity index (χ1v) is 11.6. The molecule has 0 bridgehead atoms. The van der Waals surface area contributed by atoms with E-state index in [4.69, 9.17) is 18.9 Å². The van der Waals surface area contributed by atoms with Gasteiger partial charge in [0.1, 0.15) is 23.0 Å². The molecular weight excluding hydrogens is 426 g/mol. The summed E-state index contributed by atoms with van der Waals surface area (Å²) < 4.78 is 23.6. The molecule has 0 unspecified atom stereocenters. The monoisotopic (exact) mass is 463 g/mol. The van der Waals surface area contributed by atoms with Gasteiger partial charge in [0.2, 0.25) is 0 Å². The molecule has 3 aromatic carbocycles. The van der Waals surface area contributed by atoms with E-state index in [0.29, 0.717) is 12.5 Å². The van der Waals surface area contributed by atoms with E-state index in [1.165, 1.54) is 5.56 Å². The van der Waals surface area contributed by atoms with Crippen molar-refractivity contribution in [1.29, 1.82) is 0 Å². The summed E-state index contributed by atoms with van der Waals surface area (Å²) in [7, 11) is 9.24. The number of hydrogen-bond donors (Lipinski definition) is 0. The number of nitrogens with zero attached hydrogens (tertiary/aromatic N) is 1. The van der Waals surface area contributed by atoms with Crippen LogP contribution in [0, 0.1) is 12.8 Å². The second-order valence-electron chi connectivity index (χ2n) is 9.19. The van der Waals surface area contributed by atoms with Crippen LogP contribution in [-0.2, 0) is 6.54 Å². The molecule has 3 rings (SSSR count). The van der Waals surface area contributed by atoms with Crippen molar-refractivity contribution >= 4 is 0 Å². The Kier molecular flexibility index (Phi) is 8.46. The quantitative estimate of drug-likeness (QED) is 0.345. The zero-order valence-corrected chi connectivity index (χ0v) is 21.7. The van der Waals surface area contributed by atoms with Crippen molar-refractivity contribution in [3.05, 3.63) is 59.7 Å². The Morgan fingerprint density at radius 1 is 0.735 bits per heavy atom. The third-order valence-electron chi connectivity index (χ3n) is 5.61. The molecule has 0 aliphatic heterocycles. The molecule has 0 spiro atoms. The van der Waals surface area contributed by atoms with E-state index in [2.05, 4.69) is 58.0 Å². The van der Waals surface area contributed by atoms with E-state index >= 15 is 0 Å². The number of methoxy groups -OCH3 is 3. The molecule has 5 heteroatoms. The van der Waals surface area contributed by atoms with E-state index in [0.717, 1.165) is 57.4 Å². The highest BCUT2D eigenvalue weighted by atomic mass is 16.5. The van der Waals surface area contributed by atoms with Crippen LogP contribution < -0.4 is 18.9 Å². The van der Waals surface area contributed by atoms with Crippen LogP contribution in [0.5, 0.6) is 23.0 Å². The van der Waals surface area contributed by atoms with Crippen LogP contribution in [0.2, 0.25) is 0 Å². The maximum Gasteiger partial charge on any atom is 0.127 e. The predicted molar refractivity (Wildman–Crippen MR) is 139 cm³/mol. The number of aryl methyl sites for hydroxylation is 1.